The number of benzene rings is 2. The van der Waals surface area contributed by atoms with E-state index >= 15 is 0 Å². The minimum absolute atomic E-state index is 0.199. The number of hydrogen-bond donors (Lipinski definition) is 2. The molecule has 6 rings (SSSR count). The van der Waals surface area contributed by atoms with Crippen molar-refractivity contribution in [3.8, 4) is 11.3 Å². The van der Waals surface area contributed by atoms with E-state index < -0.39 is 4.92 Å². The highest BCUT2D eigenvalue weighted by Gasteiger charge is 2.20. The van der Waals surface area contributed by atoms with Crippen molar-refractivity contribution in [2.45, 2.75) is 13.0 Å². The number of para-hydroxylation sites is 1. The first-order valence-corrected chi connectivity index (χ1v) is 14.0. The van der Waals surface area contributed by atoms with Crippen LogP contribution < -0.4 is 15.5 Å². The van der Waals surface area contributed by atoms with Gasteiger partial charge in [0.15, 0.2) is 0 Å². The molecule has 4 heterocycles. The van der Waals surface area contributed by atoms with Gasteiger partial charge in [-0.3, -0.25) is 4.79 Å². The number of rotatable bonds is 10. The molecule has 13 heteroatoms. The summed E-state index contributed by atoms with van der Waals surface area (Å²) in [7, 11) is 2.01. The monoisotopic (exact) mass is 581 g/mol. The Kier molecular flexibility index (Phi) is 7.96. The van der Waals surface area contributed by atoms with Gasteiger partial charge in [-0.1, -0.05) is 18.2 Å². The van der Waals surface area contributed by atoms with Crippen LogP contribution in [0.4, 0.5) is 23.1 Å². The molecule has 13 nitrogen and oxygen atoms in total. The summed E-state index contributed by atoms with van der Waals surface area (Å²) >= 11 is 0. The summed E-state index contributed by atoms with van der Waals surface area (Å²) in [6.45, 7) is 3.43. The van der Waals surface area contributed by atoms with Gasteiger partial charge in [0.2, 0.25) is 12.3 Å². The van der Waals surface area contributed by atoms with Crippen LogP contribution in [0.3, 0.4) is 0 Å². The molecular formula is C30H31N9O4. The van der Waals surface area contributed by atoms with Crippen molar-refractivity contribution >= 4 is 40.0 Å². The highest BCUT2D eigenvalue weighted by atomic mass is 16.6. The second kappa shape index (κ2) is 12.3. The summed E-state index contributed by atoms with van der Waals surface area (Å²) in [6.07, 6.45) is 7.16. The molecule has 0 unspecified atom stereocenters. The summed E-state index contributed by atoms with van der Waals surface area (Å²) in [5.41, 5.74) is 4.95. The number of amides is 1. The van der Waals surface area contributed by atoms with Crippen molar-refractivity contribution in [2.24, 2.45) is 7.05 Å². The molecule has 1 fully saturated rings. The van der Waals surface area contributed by atoms with E-state index in [9.17, 15) is 14.9 Å². The SMILES string of the molecule is Cn1cc(-c2ccnc(Nc3ccc(N4CCOCC4)c(C(=O)NCCCn4cnc([N+](=O)[O-])c4)c3)n2)c2ccccc21. The number of anilines is 3. The first-order chi connectivity index (χ1) is 21.0. The molecule has 220 valence electrons. The molecule has 0 saturated carbocycles. The molecule has 2 aromatic carbocycles. The Bertz CT molecular complexity index is 1770. The summed E-state index contributed by atoms with van der Waals surface area (Å²) in [5, 5.41) is 18.2. The lowest BCUT2D eigenvalue weighted by Gasteiger charge is -2.30. The fourth-order valence-corrected chi connectivity index (χ4v) is 5.24. The predicted molar refractivity (Wildman–Crippen MR) is 163 cm³/mol. The van der Waals surface area contributed by atoms with E-state index in [1.807, 2.05) is 43.4 Å². The Morgan fingerprint density at radius 1 is 1.09 bits per heavy atom. The lowest BCUT2D eigenvalue weighted by atomic mass is 10.1. The summed E-state index contributed by atoms with van der Waals surface area (Å²) in [4.78, 5) is 38.9. The Morgan fingerprint density at radius 2 is 1.93 bits per heavy atom. The molecule has 3 aromatic heterocycles. The number of fused-ring (bicyclic) bond motifs is 1. The number of nitro groups is 1. The number of nitrogens with zero attached hydrogens (tertiary/aromatic N) is 7. The number of aryl methyl sites for hydroxylation is 2. The maximum atomic E-state index is 13.4. The summed E-state index contributed by atoms with van der Waals surface area (Å²) in [6, 6.07) is 15.7. The number of hydrogen-bond acceptors (Lipinski definition) is 9. The number of imidazole rings is 1. The van der Waals surface area contributed by atoms with Crippen LogP contribution in [-0.4, -0.2) is 67.8 Å². The number of carbonyl (C=O) groups excluding carboxylic acids is 1. The normalized spacial score (nSPS) is 13.3. The van der Waals surface area contributed by atoms with Crippen molar-refractivity contribution in [2.75, 3.05) is 43.1 Å². The number of morpholine rings is 1. The zero-order valence-electron chi connectivity index (χ0n) is 23.6. The van der Waals surface area contributed by atoms with Gasteiger partial charge in [-0.15, -0.1) is 0 Å². The predicted octanol–water partition coefficient (Wildman–Crippen LogP) is 4.14. The second-order valence-corrected chi connectivity index (χ2v) is 10.2. The number of ether oxygens (including phenoxy) is 1. The lowest BCUT2D eigenvalue weighted by Crippen LogP contribution is -2.38. The zero-order valence-corrected chi connectivity index (χ0v) is 23.6. The van der Waals surface area contributed by atoms with Gasteiger partial charge in [0.25, 0.3) is 5.91 Å². The molecule has 0 atom stereocenters. The average molecular weight is 582 g/mol. The van der Waals surface area contributed by atoms with E-state index in [4.69, 9.17) is 9.72 Å². The van der Waals surface area contributed by atoms with E-state index in [2.05, 4.69) is 48.4 Å². The second-order valence-electron chi connectivity index (χ2n) is 10.2. The number of carbonyl (C=O) groups is 1. The zero-order chi connectivity index (χ0) is 29.8. The third-order valence-electron chi connectivity index (χ3n) is 7.36. The van der Waals surface area contributed by atoms with Crippen LogP contribution in [0.1, 0.15) is 16.8 Å². The van der Waals surface area contributed by atoms with E-state index in [1.165, 1.54) is 12.5 Å². The van der Waals surface area contributed by atoms with Crippen LogP contribution in [-0.2, 0) is 18.3 Å². The van der Waals surface area contributed by atoms with E-state index in [-0.39, 0.29) is 11.7 Å². The van der Waals surface area contributed by atoms with Crippen LogP contribution in [0.5, 0.6) is 0 Å². The lowest BCUT2D eigenvalue weighted by molar-refractivity contribution is -0.389. The molecule has 1 amide bonds. The molecule has 1 aliphatic rings. The maximum absolute atomic E-state index is 13.4. The quantitative estimate of drug-likeness (QED) is 0.141. The smallest absolute Gasteiger partial charge is 0.378 e. The van der Waals surface area contributed by atoms with Gasteiger partial charge in [-0.05, 0) is 46.7 Å². The fourth-order valence-electron chi connectivity index (χ4n) is 5.24. The highest BCUT2D eigenvalue weighted by molar-refractivity contribution is 6.01. The Morgan fingerprint density at radius 3 is 2.74 bits per heavy atom. The molecule has 1 saturated heterocycles. The van der Waals surface area contributed by atoms with E-state index in [0.717, 1.165) is 27.8 Å². The molecule has 0 spiro atoms. The van der Waals surface area contributed by atoms with Crippen LogP contribution in [0.15, 0.2) is 73.4 Å². The highest BCUT2D eigenvalue weighted by Crippen LogP contribution is 2.30. The Labute approximate surface area is 247 Å². The van der Waals surface area contributed by atoms with Crippen molar-refractivity contribution in [3.05, 3.63) is 89.1 Å². The standard InChI is InChI=1S/C30H31N9O4/c1-36-18-24(22-5-2-3-6-26(22)36)25-9-11-32-30(35-25)34-21-7-8-27(38-13-15-43-16-14-38)23(17-21)29(40)31-10-4-12-37-19-28(33-20-37)39(41)42/h2-3,5-9,11,17-20H,4,10,12-16H2,1H3,(H,31,40)(H,32,34,35). The fraction of sp³-hybridized carbons (Fsp3) is 0.267. The van der Waals surface area contributed by atoms with Crippen LogP contribution in [0.2, 0.25) is 0 Å². The van der Waals surface area contributed by atoms with Gasteiger partial charge in [0.1, 0.15) is 6.20 Å². The van der Waals surface area contributed by atoms with Crippen LogP contribution >= 0.6 is 0 Å². The first kappa shape index (κ1) is 27.8. The van der Waals surface area contributed by atoms with Gasteiger partial charge in [0.05, 0.1) is 24.5 Å². The molecule has 43 heavy (non-hydrogen) atoms. The van der Waals surface area contributed by atoms with Crippen molar-refractivity contribution < 1.29 is 14.5 Å². The maximum Gasteiger partial charge on any atom is 0.381 e. The number of nitrogens with one attached hydrogen (secondary N) is 2. The Hall–Kier alpha value is -5.30. The van der Waals surface area contributed by atoms with Crippen molar-refractivity contribution in [3.63, 3.8) is 0 Å². The molecule has 1 aliphatic heterocycles. The van der Waals surface area contributed by atoms with Crippen molar-refractivity contribution in [1.29, 1.82) is 0 Å². The largest absolute Gasteiger partial charge is 0.381 e. The molecule has 0 aliphatic carbocycles. The molecule has 5 aromatic rings. The number of aromatic nitrogens is 5. The van der Waals surface area contributed by atoms with Crippen LogP contribution in [0.25, 0.3) is 22.2 Å². The topological polar surface area (TPSA) is 145 Å². The molecule has 0 radical (unpaired) electrons. The molecule has 0 bridgehead atoms. The van der Waals surface area contributed by atoms with Gasteiger partial charge in [-0.2, -0.15) is 0 Å². The third-order valence-corrected chi connectivity index (χ3v) is 7.36. The van der Waals surface area contributed by atoms with E-state index in [1.54, 1.807) is 10.8 Å². The first-order valence-electron chi connectivity index (χ1n) is 14.0. The van der Waals surface area contributed by atoms with Gasteiger partial charge >= 0.3 is 5.82 Å². The third kappa shape index (κ3) is 6.16. The van der Waals surface area contributed by atoms with Gasteiger partial charge < -0.3 is 39.5 Å². The van der Waals surface area contributed by atoms with E-state index in [0.29, 0.717) is 63.0 Å². The Balaban J connectivity index is 1.20. The molecule has 2 N–H and O–H groups in total. The van der Waals surface area contributed by atoms with Gasteiger partial charge in [-0.25, -0.2) is 9.97 Å². The summed E-state index contributed by atoms with van der Waals surface area (Å²) in [5.74, 6) is 0.00709. The van der Waals surface area contributed by atoms with Crippen molar-refractivity contribution in [1.82, 2.24) is 29.4 Å². The molecular weight excluding hydrogens is 550 g/mol. The average Bonchev–Trinajstić information content (AvgIpc) is 3.65. The minimum Gasteiger partial charge on any atom is -0.378 e. The minimum atomic E-state index is -0.530. The van der Waals surface area contributed by atoms with Gasteiger partial charge in [0, 0.05) is 73.5 Å². The summed E-state index contributed by atoms with van der Waals surface area (Å²) < 4.78 is 9.23. The van der Waals surface area contributed by atoms with Crippen LogP contribution in [0, 0.1) is 10.1 Å².